The van der Waals surface area contributed by atoms with Crippen molar-refractivity contribution in [3.05, 3.63) is 29.3 Å². The summed E-state index contributed by atoms with van der Waals surface area (Å²) in [4.78, 5) is 2.49. The van der Waals surface area contributed by atoms with Gasteiger partial charge in [0.15, 0.2) is 0 Å². The SMILES string of the molecule is Cc1cc(C)cc(N2CCC(N)CC2C)c1. The molecule has 1 aliphatic rings. The lowest BCUT2D eigenvalue weighted by Crippen LogP contribution is -2.45. The second-order valence-electron chi connectivity index (χ2n) is 5.17. The third kappa shape index (κ3) is 2.38. The average molecular weight is 218 g/mol. The fourth-order valence-corrected chi connectivity index (χ4v) is 2.71. The molecule has 2 N–H and O–H groups in total. The Labute approximate surface area is 98.4 Å². The van der Waals surface area contributed by atoms with Crippen molar-refractivity contribution in [3.63, 3.8) is 0 Å². The maximum absolute atomic E-state index is 6.00. The smallest absolute Gasteiger partial charge is 0.0373 e. The molecule has 1 heterocycles. The van der Waals surface area contributed by atoms with Crippen LogP contribution in [-0.4, -0.2) is 18.6 Å². The predicted molar refractivity (Wildman–Crippen MR) is 69.9 cm³/mol. The highest BCUT2D eigenvalue weighted by molar-refractivity contribution is 5.52. The molecule has 88 valence electrons. The number of hydrogen-bond acceptors (Lipinski definition) is 2. The highest BCUT2D eigenvalue weighted by Crippen LogP contribution is 2.26. The Balaban J connectivity index is 2.23. The van der Waals surface area contributed by atoms with Gasteiger partial charge < -0.3 is 10.6 Å². The van der Waals surface area contributed by atoms with Crippen molar-refractivity contribution >= 4 is 5.69 Å². The van der Waals surface area contributed by atoms with Crippen molar-refractivity contribution in [3.8, 4) is 0 Å². The standard InChI is InChI=1S/C14H22N2/c1-10-6-11(2)8-14(7-10)16-5-4-13(15)9-12(16)3/h6-8,12-13H,4-5,9,15H2,1-3H3. The average Bonchev–Trinajstić information content (AvgIpc) is 2.15. The number of nitrogens with zero attached hydrogens (tertiary/aromatic N) is 1. The van der Waals surface area contributed by atoms with Gasteiger partial charge in [0.1, 0.15) is 0 Å². The van der Waals surface area contributed by atoms with Crippen molar-refractivity contribution in [2.45, 2.75) is 45.7 Å². The minimum Gasteiger partial charge on any atom is -0.369 e. The van der Waals surface area contributed by atoms with Gasteiger partial charge in [0.05, 0.1) is 0 Å². The van der Waals surface area contributed by atoms with E-state index in [-0.39, 0.29) is 0 Å². The van der Waals surface area contributed by atoms with Crippen LogP contribution in [0.3, 0.4) is 0 Å². The molecule has 0 saturated carbocycles. The van der Waals surface area contributed by atoms with Crippen LogP contribution in [0.1, 0.15) is 30.9 Å². The summed E-state index contributed by atoms with van der Waals surface area (Å²) in [5.74, 6) is 0. The molecule has 1 fully saturated rings. The normalized spacial score (nSPS) is 25.9. The van der Waals surface area contributed by atoms with E-state index < -0.39 is 0 Å². The molecule has 1 aromatic carbocycles. The molecule has 2 nitrogen and oxygen atoms in total. The number of aryl methyl sites for hydroxylation is 2. The third-order valence-electron chi connectivity index (χ3n) is 3.45. The summed E-state index contributed by atoms with van der Waals surface area (Å²) in [6.07, 6.45) is 2.21. The first-order valence-corrected chi connectivity index (χ1v) is 6.17. The largest absolute Gasteiger partial charge is 0.369 e. The van der Waals surface area contributed by atoms with Gasteiger partial charge in [-0.1, -0.05) is 6.07 Å². The fraction of sp³-hybridized carbons (Fsp3) is 0.571. The molecule has 2 heteroatoms. The molecule has 0 aromatic heterocycles. The molecule has 0 spiro atoms. The molecule has 1 saturated heterocycles. The molecule has 0 bridgehead atoms. The zero-order chi connectivity index (χ0) is 11.7. The number of anilines is 1. The van der Waals surface area contributed by atoms with E-state index in [1.165, 1.54) is 16.8 Å². The van der Waals surface area contributed by atoms with E-state index >= 15 is 0 Å². The molecule has 1 aliphatic heterocycles. The maximum Gasteiger partial charge on any atom is 0.0373 e. The Kier molecular flexibility index (Phi) is 3.20. The van der Waals surface area contributed by atoms with Gasteiger partial charge in [-0.25, -0.2) is 0 Å². The van der Waals surface area contributed by atoms with Crippen LogP contribution in [0.15, 0.2) is 18.2 Å². The first-order chi connectivity index (χ1) is 7.56. The molecule has 2 unspecified atom stereocenters. The summed E-state index contributed by atoms with van der Waals surface area (Å²) in [5, 5.41) is 0. The summed E-state index contributed by atoms with van der Waals surface area (Å²) >= 11 is 0. The number of benzene rings is 1. The lowest BCUT2D eigenvalue weighted by atomic mass is 9.97. The topological polar surface area (TPSA) is 29.3 Å². The molecule has 0 radical (unpaired) electrons. The van der Waals surface area contributed by atoms with E-state index in [0.717, 1.165) is 19.4 Å². The van der Waals surface area contributed by atoms with E-state index in [4.69, 9.17) is 5.73 Å². The zero-order valence-corrected chi connectivity index (χ0v) is 10.5. The predicted octanol–water partition coefficient (Wildman–Crippen LogP) is 2.62. The lowest BCUT2D eigenvalue weighted by molar-refractivity contribution is 0.429. The van der Waals surface area contributed by atoms with Crippen molar-refractivity contribution in [1.82, 2.24) is 0 Å². The first kappa shape index (κ1) is 11.5. The molecule has 1 aromatic rings. The van der Waals surface area contributed by atoms with E-state index in [0.29, 0.717) is 12.1 Å². The molecule has 2 rings (SSSR count). The Bertz CT molecular complexity index is 353. The first-order valence-electron chi connectivity index (χ1n) is 6.17. The minimum absolute atomic E-state index is 0.386. The summed E-state index contributed by atoms with van der Waals surface area (Å²) in [5.41, 5.74) is 10.0. The molecule has 0 amide bonds. The van der Waals surface area contributed by atoms with E-state index in [9.17, 15) is 0 Å². The van der Waals surface area contributed by atoms with Gasteiger partial charge >= 0.3 is 0 Å². The van der Waals surface area contributed by atoms with Crippen LogP contribution in [0, 0.1) is 13.8 Å². The second kappa shape index (κ2) is 4.46. The van der Waals surface area contributed by atoms with Crippen molar-refractivity contribution < 1.29 is 0 Å². The number of piperidine rings is 1. The maximum atomic E-state index is 6.00. The van der Waals surface area contributed by atoms with Crippen molar-refractivity contribution in [2.75, 3.05) is 11.4 Å². The third-order valence-corrected chi connectivity index (χ3v) is 3.45. The van der Waals surface area contributed by atoms with Gasteiger partial charge in [0.2, 0.25) is 0 Å². The van der Waals surface area contributed by atoms with Gasteiger partial charge in [-0.3, -0.25) is 0 Å². The minimum atomic E-state index is 0.386. The fourth-order valence-electron chi connectivity index (χ4n) is 2.71. The highest BCUT2D eigenvalue weighted by Gasteiger charge is 2.23. The van der Waals surface area contributed by atoms with Gasteiger partial charge in [-0.05, 0) is 56.9 Å². The molecular weight excluding hydrogens is 196 g/mol. The van der Waals surface area contributed by atoms with Crippen molar-refractivity contribution in [1.29, 1.82) is 0 Å². The Morgan fingerprint density at radius 3 is 2.38 bits per heavy atom. The van der Waals surface area contributed by atoms with Crippen LogP contribution in [0.4, 0.5) is 5.69 Å². The second-order valence-corrected chi connectivity index (χ2v) is 5.17. The summed E-state index contributed by atoms with van der Waals surface area (Å²) < 4.78 is 0. The zero-order valence-electron chi connectivity index (χ0n) is 10.5. The summed E-state index contributed by atoms with van der Waals surface area (Å²) in [6, 6.07) is 7.73. The molecular formula is C14H22N2. The molecule has 16 heavy (non-hydrogen) atoms. The van der Waals surface area contributed by atoms with Gasteiger partial charge in [-0.2, -0.15) is 0 Å². The monoisotopic (exact) mass is 218 g/mol. The van der Waals surface area contributed by atoms with Crippen LogP contribution in [-0.2, 0) is 0 Å². The van der Waals surface area contributed by atoms with Crippen LogP contribution < -0.4 is 10.6 Å². The summed E-state index contributed by atoms with van der Waals surface area (Å²) in [7, 11) is 0. The van der Waals surface area contributed by atoms with Gasteiger partial charge in [-0.15, -0.1) is 0 Å². The highest BCUT2D eigenvalue weighted by atomic mass is 15.2. The Morgan fingerprint density at radius 2 is 1.81 bits per heavy atom. The van der Waals surface area contributed by atoms with Crippen LogP contribution >= 0.6 is 0 Å². The van der Waals surface area contributed by atoms with E-state index in [1.54, 1.807) is 0 Å². The Hall–Kier alpha value is -1.02. The van der Waals surface area contributed by atoms with Crippen molar-refractivity contribution in [2.24, 2.45) is 5.73 Å². The lowest BCUT2D eigenvalue weighted by Gasteiger charge is -2.38. The van der Waals surface area contributed by atoms with E-state index in [2.05, 4.69) is 43.9 Å². The number of hydrogen-bond donors (Lipinski definition) is 1. The van der Waals surface area contributed by atoms with E-state index in [1.807, 2.05) is 0 Å². The van der Waals surface area contributed by atoms with Gasteiger partial charge in [0, 0.05) is 24.3 Å². The molecule has 0 aliphatic carbocycles. The quantitative estimate of drug-likeness (QED) is 0.785. The summed E-state index contributed by atoms with van der Waals surface area (Å²) in [6.45, 7) is 7.69. The van der Waals surface area contributed by atoms with Gasteiger partial charge in [0.25, 0.3) is 0 Å². The van der Waals surface area contributed by atoms with Crippen LogP contribution in [0.25, 0.3) is 0 Å². The van der Waals surface area contributed by atoms with Crippen LogP contribution in [0.2, 0.25) is 0 Å². The number of rotatable bonds is 1. The Morgan fingerprint density at radius 1 is 1.19 bits per heavy atom. The number of nitrogens with two attached hydrogens (primary N) is 1. The molecule has 2 atom stereocenters. The van der Waals surface area contributed by atoms with Crippen LogP contribution in [0.5, 0.6) is 0 Å².